The van der Waals surface area contributed by atoms with Gasteiger partial charge in [-0.3, -0.25) is 9.59 Å². The molecule has 8 heteroatoms. The number of rotatable bonds is 5. The molecule has 0 aliphatic heterocycles. The minimum Gasteiger partial charge on any atom is -0.481 e. The highest BCUT2D eigenvalue weighted by Gasteiger charge is 2.00. The maximum absolute atomic E-state index is 9.64. The summed E-state index contributed by atoms with van der Waals surface area (Å²) in [5, 5.41) is 38.9. The summed E-state index contributed by atoms with van der Waals surface area (Å²) in [6.07, 6.45) is -0.593. The van der Waals surface area contributed by atoms with Crippen LogP contribution in [0, 0.1) is 0 Å². The van der Waals surface area contributed by atoms with Crippen LogP contribution in [0.1, 0.15) is 19.8 Å². The number of aliphatic carboxylic acids is 3. The monoisotopic (exact) mass is 266 g/mol. The van der Waals surface area contributed by atoms with Crippen molar-refractivity contribution in [1.29, 1.82) is 0 Å². The summed E-state index contributed by atoms with van der Waals surface area (Å²) < 4.78 is 0. The van der Waals surface area contributed by atoms with E-state index in [0.29, 0.717) is 0 Å². The van der Waals surface area contributed by atoms with Crippen LogP contribution >= 0.6 is 0 Å². The van der Waals surface area contributed by atoms with Crippen molar-refractivity contribution in [3.63, 3.8) is 0 Å². The van der Waals surface area contributed by atoms with Gasteiger partial charge in [-0.2, -0.15) is 0 Å². The Morgan fingerprint density at radius 3 is 1.17 bits per heavy atom. The van der Waals surface area contributed by atoms with E-state index in [0.717, 1.165) is 0 Å². The van der Waals surface area contributed by atoms with E-state index in [2.05, 4.69) is 6.58 Å². The molecule has 0 amide bonds. The van der Waals surface area contributed by atoms with Crippen molar-refractivity contribution >= 4 is 17.9 Å². The van der Waals surface area contributed by atoms with E-state index >= 15 is 0 Å². The number of hydrogen-bond donors (Lipinski definition) is 5. The van der Waals surface area contributed by atoms with Gasteiger partial charge in [0.15, 0.2) is 0 Å². The van der Waals surface area contributed by atoms with Crippen LogP contribution < -0.4 is 0 Å². The van der Waals surface area contributed by atoms with Gasteiger partial charge < -0.3 is 25.5 Å². The van der Waals surface area contributed by atoms with Gasteiger partial charge in [0.05, 0.1) is 26.1 Å². The number of carboxylic acids is 3. The van der Waals surface area contributed by atoms with Crippen LogP contribution in [0.3, 0.4) is 0 Å². The van der Waals surface area contributed by atoms with Gasteiger partial charge >= 0.3 is 17.9 Å². The molecule has 8 nitrogen and oxygen atoms in total. The highest BCUT2D eigenvalue weighted by atomic mass is 16.4. The topological polar surface area (TPSA) is 152 Å². The molecular formula is C10H18O8. The normalized spacial score (nSPS) is 7.94. The molecule has 0 aromatic heterocycles. The largest absolute Gasteiger partial charge is 0.481 e. The zero-order valence-corrected chi connectivity index (χ0v) is 10.00. The Morgan fingerprint density at radius 2 is 1.11 bits per heavy atom. The fourth-order valence-electron chi connectivity index (χ4n) is 0.214. The molecular weight excluding hydrogens is 248 g/mol. The van der Waals surface area contributed by atoms with Gasteiger partial charge in [-0.1, -0.05) is 6.58 Å². The molecule has 0 aromatic rings. The zero-order valence-electron chi connectivity index (χ0n) is 10.00. The third-order valence-electron chi connectivity index (χ3n) is 1.02. The number of carbonyl (C=O) groups is 3. The molecule has 0 aliphatic rings. The van der Waals surface area contributed by atoms with E-state index in [9.17, 15) is 14.4 Å². The molecule has 18 heavy (non-hydrogen) atoms. The molecule has 5 N–H and O–H groups in total. The molecule has 0 unspecified atom stereocenters. The van der Waals surface area contributed by atoms with Gasteiger partial charge in [-0.25, -0.2) is 4.79 Å². The second-order valence-corrected chi connectivity index (χ2v) is 2.82. The molecule has 0 spiro atoms. The van der Waals surface area contributed by atoms with Crippen molar-refractivity contribution in [3.05, 3.63) is 12.2 Å². The molecule has 0 rings (SSSR count). The quantitative estimate of drug-likeness (QED) is 0.419. The summed E-state index contributed by atoms with van der Waals surface area (Å²) in [6.45, 7) is 4.35. The first-order valence-corrected chi connectivity index (χ1v) is 4.73. The number of hydrogen-bond acceptors (Lipinski definition) is 5. The average molecular weight is 266 g/mol. The first-order valence-electron chi connectivity index (χ1n) is 4.73. The molecule has 0 saturated heterocycles. The Morgan fingerprint density at radius 1 is 0.889 bits per heavy atom. The summed E-state index contributed by atoms with van der Waals surface area (Å²) in [5.74, 6) is -3.09. The van der Waals surface area contributed by atoms with Gasteiger partial charge in [0.1, 0.15) is 0 Å². The summed E-state index contributed by atoms with van der Waals surface area (Å²) >= 11 is 0. The molecule has 0 aliphatic carbocycles. The summed E-state index contributed by atoms with van der Waals surface area (Å²) in [6, 6.07) is 0. The first kappa shape index (κ1) is 21.4. The van der Waals surface area contributed by atoms with Crippen molar-refractivity contribution in [1.82, 2.24) is 0 Å². The molecule has 106 valence electrons. The lowest BCUT2D eigenvalue weighted by atomic mass is 10.3. The van der Waals surface area contributed by atoms with Gasteiger partial charge in [-0.15, -0.1) is 0 Å². The number of aliphatic hydroxyl groups is 2. The van der Waals surface area contributed by atoms with Crippen LogP contribution in [0.15, 0.2) is 12.2 Å². The smallest absolute Gasteiger partial charge is 0.330 e. The van der Waals surface area contributed by atoms with Gasteiger partial charge in [0.25, 0.3) is 0 Å². The predicted molar refractivity (Wildman–Crippen MR) is 61.1 cm³/mol. The van der Waals surface area contributed by atoms with Crippen molar-refractivity contribution in [3.8, 4) is 0 Å². The summed E-state index contributed by atoms with van der Waals surface area (Å²) in [5.41, 5.74) is 0.176. The van der Waals surface area contributed by atoms with Crippen molar-refractivity contribution in [2.24, 2.45) is 0 Å². The second-order valence-electron chi connectivity index (χ2n) is 2.82. The Bertz CT molecular complexity index is 243. The third kappa shape index (κ3) is 36.9. The predicted octanol–water partition coefficient (Wildman–Crippen LogP) is -0.446. The van der Waals surface area contributed by atoms with Gasteiger partial charge in [0, 0.05) is 5.57 Å². The molecule has 0 atom stereocenters. The minimum absolute atomic E-state index is 0.125. The fraction of sp³-hybridized carbons (Fsp3) is 0.500. The van der Waals surface area contributed by atoms with Crippen molar-refractivity contribution < 1.29 is 39.9 Å². The second kappa shape index (κ2) is 15.1. The zero-order chi connectivity index (χ0) is 15.1. The van der Waals surface area contributed by atoms with Crippen LogP contribution in [0.4, 0.5) is 0 Å². The maximum Gasteiger partial charge on any atom is 0.330 e. The van der Waals surface area contributed by atoms with Gasteiger partial charge in [-0.05, 0) is 6.92 Å². The van der Waals surface area contributed by atoms with Crippen LogP contribution in [0.25, 0.3) is 0 Å². The van der Waals surface area contributed by atoms with E-state index in [4.69, 9.17) is 25.5 Å². The van der Waals surface area contributed by atoms with Crippen LogP contribution in [-0.2, 0) is 14.4 Å². The summed E-state index contributed by atoms with van der Waals surface area (Å²) in [7, 11) is 0. The van der Waals surface area contributed by atoms with E-state index in [1.807, 2.05) is 0 Å². The Hall–Kier alpha value is -1.93. The average Bonchev–Trinajstić information content (AvgIpc) is 2.27. The highest BCUT2D eigenvalue weighted by Crippen LogP contribution is 1.86. The lowest BCUT2D eigenvalue weighted by Crippen LogP contribution is -2.00. The Kier molecular flexibility index (Phi) is 17.9. The summed E-state index contributed by atoms with van der Waals surface area (Å²) in [4.78, 5) is 28.9. The van der Waals surface area contributed by atoms with Crippen LogP contribution in [0.5, 0.6) is 0 Å². The lowest BCUT2D eigenvalue weighted by molar-refractivity contribution is -0.143. The minimum atomic E-state index is -1.08. The Labute approximate surface area is 104 Å². The van der Waals surface area contributed by atoms with Gasteiger partial charge in [0.2, 0.25) is 0 Å². The van der Waals surface area contributed by atoms with E-state index in [-0.39, 0.29) is 31.6 Å². The van der Waals surface area contributed by atoms with E-state index in [1.54, 1.807) is 0 Å². The van der Waals surface area contributed by atoms with E-state index in [1.165, 1.54) is 6.92 Å². The van der Waals surface area contributed by atoms with Crippen molar-refractivity contribution in [2.75, 3.05) is 13.2 Å². The number of aliphatic hydroxyl groups excluding tert-OH is 2. The molecule has 0 fully saturated rings. The third-order valence-corrected chi connectivity index (χ3v) is 1.02. The molecule has 0 bridgehead atoms. The molecule has 0 saturated carbocycles. The van der Waals surface area contributed by atoms with Crippen molar-refractivity contribution in [2.45, 2.75) is 19.8 Å². The molecule has 0 radical (unpaired) electrons. The maximum atomic E-state index is 9.64. The van der Waals surface area contributed by atoms with Crippen LogP contribution in [-0.4, -0.2) is 56.7 Å². The van der Waals surface area contributed by atoms with E-state index < -0.39 is 17.9 Å². The molecule has 0 heterocycles. The highest BCUT2D eigenvalue weighted by molar-refractivity contribution is 5.84. The molecule has 0 aromatic carbocycles. The van der Waals surface area contributed by atoms with Crippen LogP contribution in [0.2, 0.25) is 0 Å². The fourth-order valence-corrected chi connectivity index (χ4v) is 0.214. The number of carboxylic acid groups (broad SMARTS) is 3. The Balaban J connectivity index is -0.000000200. The SMILES string of the molecule is C=C(C)C(=O)O.O=C(O)CCC(=O)O.OCCO. The lowest BCUT2D eigenvalue weighted by Gasteiger charge is -1.85. The standard InChI is InChI=1S/C4H6O4.C4H6O2.C2H6O2/c5-3(6)1-2-4(7)8;1-3(2)4(5)6;3-1-2-4/h1-2H2,(H,5,6)(H,7,8);1H2,2H3,(H,5,6);3-4H,1-2H2. The first-order chi connectivity index (χ1) is 8.18.